The van der Waals surface area contributed by atoms with E-state index in [1.165, 1.54) is 55.6 Å². The van der Waals surface area contributed by atoms with Gasteiger partial charge in [0.05, 0.1) is 5.41 Å². The quantitative estimate of drug-likeness (QED) is 0.179. The van der Waals surface area contributed by atoms with Crippen LogP contribution in [0.5, 0.6) is 0 Å². The number of aromatic nitrogens is 3. The van der Waals surface area contributed by atoms with Gasteiger partial charge in [0, 0.05) is 16.7 Å². The van der Waals surface area contributed by atoms with E-state index in [9.17, 15) is 0 Å². The molecule has 0 unspecified atom stereocenters. The zero-order valence-corrected chi connectivity index (χ0v) is 29.9. The van der Waals surface area contributed by atoms with Crippen LogP contribution in [-0.2, 0) is 5.41 Å². The number of hydrogen-bond donors (Lipinski definition) is 0. The summed E-state index contributed by atoms with van der Waals surface area (Å²) < 4.78 is 0. The standard InChI is InChI=1S/C52H33N3/c1-4-17-34(18-5-1)43-33-37(51-54-49(35-19-6-2-7-20-35)53-50(55-51)36-21-8-3-9-22-36)31-32-38(43)41-26-16-30-47-48(41)42-25-12-15-29-46(42)52(47)44-27-13-10-23-39(44)40-24-11-14-28-45(40)52/h1-33H. The first-order chi connectivity index (χ1) is 27.3. The lowest BCUT2D eigenvalue weighted by Crippen LogP contribution is -2.25. The molecule has 2 aliphatic rings. The van der Waals surface area contributed by atoms with Crippen LogP contribution in [0.4, 0.5) is 0 Å². The van der Waals surface area contributed by atoms with Crippen LogP contribution in [0.3, 0.4) is 0 Å². The van der Waals surface area contributed by atoms with Crippen molar-refractivity contribution >= 4 is 0 Å². The molecule has 8 aromatic carbocycles. The number of benzene rings is 8. The smallest absolute Gasteiger partial charge is 0.164 e. The van der Waals surface area contributed by atoms with Crippen molar-refractivity contribution < 1.29 is 0 Å². The summed E-state index contributed by atoms with van der Waals surface area (Å²) >= 11 is 0. The average Bonchev–Trinajstić information content (AvgIpc) is 3.75. The Morgan fingerprint density at radius 2 is 0.673 bits per heavy atom. The van der Waals surface area contributed by atoms with Gasteiger partial charge in [0.15, 0.2) is 17.5 Å². The first-order valence-corrected chi connectivity index (χ1v) is 18.8. The van der Waals surface area contributed by atoms with E-state index >= 15 is 0 Å². The fourth-order valence-corrected chi connectivity index (χ4v) is 9.08. The summed E-state index contributed by atoms with van der Waals surface area (Å²) in [5.74, 6) is 1.93. The Hall–Kier alpha value is -7.23. The second-order valence-electron chi connectivity index (χ2n) is 14.3. The summed E-state index contributed by atoms with van der Waals surface area (Å²) in [7, 11) is 0. The molecule has 0 amide bonds. The third-order valence-electron chi connectivity index (χ3n) is 11.4. The molecule has 1 spiro atoms. The number of nitrogens with zero attached hydrogens (tertiary/aromatic N) is 3. The van der Waals surface area contributed by atoms with Crippen molar-refractivity contribution in [3.05, 3.63) is 222 Å². The molecule has 256 valence electrons. The molecule has 55 heavy (non-hydrogen) atoms. The Morgan fingerprint density at radius 1 is 0.255 bits per heavy atom. The summed E-state index contributed by atoms with van der Waals surface area (Å²) in [6, 6.07) is 71.6. The van der Waals surface area contributed by atoms with Gasteiger partial charge in [0.25, 0.3) is 0 Å². The van der Waals surface area contributed by atoms with Crippen LogP contribution >= 0.6 is 0 Å². The summed E-state index contributed by atoms with van der Waals surface area (Å²) in [6.07, 6.45) is 0. The largest absolute Gasteiger partial charge is 0.208 e. The molecular weight excluding hydrogens is 667 g/mol. The van der Waals surface area contributed by atoms with Crippen molar-refractivity contribution in [2.45, 2.75) is 5.41 Å². The molecule has 0 bridgehead atoms. The van der Waals surface area contributed by atoms with Crippen LogP contribution in [0.2, 0.25) is 0 Å². The van der Waals surface area contributed by atoms with E-state index in [2.05, 4.69) is 140 Å². The van der Waals surface area contributed by atoms with E-state index in [1.807, 2.05) is 60.7 Å². The molecule has 9 aromatic rings. The van der Waals surface area contributed by atoms with Crippen LogP contribution < -0.4 is 0 Å². The molecule has 0 saturated heterocycles. The van der Waals surface area contributed by atoms with Crippen molar-refractivity contribution in [3.8, 4) is 78.7 Å². The number of hydrogen-bond acceptors (Lipinski definition) is 3. The van der Waals surface area contributed by atoms with Gasteiger partial charge in [-0.2, -0.15) is 0 Å². The van der Waals surface area contributed by atoms with Gasteiger partial charge >= 0.3 is 0 Å². The first-order valence-electron chi connectivity index (χ1n) is 18.8. The van der Waals surface area contributed by atoms with Gasteiger partial charge in [-0.15, -0.1) is 0 Å². The fraction of sp³-hybridized carbons (Fsp3) is 0.0192. The summed E-state index contributed by atoms with van der Waals surface area (Å²) in [5, 5.41) is 0. The molecule has 1 aromatic heterocycles. The number of rotatable bonds is 5. The van der Waals surface area contributed by atoms with E-state index in [0.29, 0.717) is 17.5 Å². The third-order valence-corrected chi connectivity index (χ3v) is 11.4. The minimum atomic E-state index is -0.408. The molecular formula is C52H33N3. The predicted octanol–water partition coefficient (Wildman–Crippen LogP) is 12.6. The average molecular weight is 700 g/mol. The van der Waals surface area contributed by atoms with Crippen LogP contribution in [0.15, 0.2) is 200 Å². The lowest BCUT2D eigenvalue weighted by Gasteiger charge is -2.30. The normalized spacial score (nSPS) is 12.9. The Bertz CT molecular complexity index is 2810. The van der Waals surface area contributed by atoms with Crippen molar-refractivity contribution in [2.75, 3.05) is 0 Å². The molecule has 0 aliphatic heterocycles. The highest BCUT2D eigenvalue weighted by Gasteiger charge is 2.52. The Kier molecular flexibility index (Phi) is 7.08. The van der Waals surface area contributed by atoms with Crippen LogP contribution in [0.1, 0.15) is 22.3 Å². The highest BCUT2D eigenvalue weighted by Crippen LogP contribution is 2.64. The maximum absolute atomic E-state index is 5.09. The minimum Gasteiger partial charge on any atom is -0.208 e. The van der Waals surface area contributed by atoms with E-state index in [0.717, 1.165) is 27.8 Å². The molecule has 0 radical (unpaired) electrons. The van der Waals surface area contributed by atoms with Gasteiger partial charge in [-0.3, -0.25) is 0 Å². The lowest BCUT2D eigenvalue weighted by atomic mass is 9.70. The Balaban J connectivity index is 1.16. The second kappa shape index (κ2) is 12.4. The summed E-state index contributed by atoms with van der Waals surface area (Å²) in [4.78, 5) is 15.1. The predicted molar refractivity (Wildman–Crippen MR) is 223 cm³/mol. The lowest BCUT2D eigenvalue weighted by molar-refractivity contribution is 0.794. The maximum atomic E-state index is 5.09. The van der Waals surface area contributed by atoms with Gasteiger partial charge in [-0.25, -0.2) is 15.0 Å². The van der Waals surface area contributed by atoms with Gasteiger partial charge in [-0.05, 0) is 72.8 Å². The molecule has 11 rings (SSSR count). The SMILES string of the molecule is c1ccc(-c2nc(-c3ccccc3)nc(-c3ccc(-c4cccc5c4-c4ccccc4C54c5ccccc5-c5ccccc54)c(-c4ccccc4)c3)n2)cc1. The minimum absolute atomic E-state index is 0.408. The zero-order chi connectivity index (χ0) is 36.3. The molecule has 0 saturated carbocycles. The maximum Gasteiger partial charge on any atom is 0.164 e. The van der Waals surface area contributed by atoms with Gasteiger partial charge < -0.3 is 0 Å². The molecule has 1 heterocycles. The van der Waals surface area contributed by atoms with Crippen molar-refractivity contribution in [2.24, 2.45) is 0 Å². The topological polar surface area (TPSA) is 38.7 Å². The molecule has 0 fully saturated rings. The van der Waals surface area contributed by atoms with Crippen LogP contribution in [-0.4, -0.2) is 15.0 Å². The fourth-order valence-electron chi connectivity index (χ4n) is 9.08. The molecule has 0 atom stereocenters. The molecule has 3 nitrogen and oxygen atoms in total. The van der Waals surface area contributed by atoms with E-state index in [-0.39, 0.29) is 0 Å². The van der Waals surface area contributed by atoms with Gasteiger partial charge in [-0.1, -0.05) is 194 Å². The molecule has 0 N–H and O–H groups in total. The van der Waals surface area contributed by atoms with Gasteiger partial charge in [0.1, 0.15) is 0 Å². The third kappa shape index (κ3) is 4.73. The molecule has 2 aliphatic carbocycles. The first kappa shape index (κ1) is 31.3. The number of fused-ring (bicyclic) bond motifs is 10. The van der Waals surface area contributed by atoms with E-state index in [1.54, 1.807) is 0 Å². The summed E-state index contributed by atoms with van der Waals surface area (Å²) in [6.45, 7) is 0. The van der Waals surface area contributed by atoms with Gasteiger partial charge in [0.2, 0.25) is 0 Å². The van der Waals surface area contributed by atoms with Crippen molar-refractivity contribution in [1.82, 2.24) is 15.0 Å². The highest BCUT2D eigenvalue weighted by atomic mass is 15.0. The zero-order valence-electron chi connectivity index (χ0n) is 29.9. The van der Waals surface area contributed by atoms with Crippen LogP contribution in [0.25, 0.3) is 78.7 Å². The second-order valence-corrected chi connectivity index (χ2v) is 14.3. The Labute approximate surface area is 320 Å². The molecule has 3 heteroatoms. The van der Waals surface area contributed by atoms with Crippen molar-refractivity contribution in [1.29, 1.82) is 0 Å². The van der Waals surface area contributed by atoms with Crippen molar-refractivity contribution in [3.63, 3.8) is 0 Å². The van der Waals surface area contributed by atoms with E-state index in [4.69, 9.17) is 15.0 Å². The monoisotopic (exact) mass is 699 g/mol. The highest BCUT2D eigenvalue weighted by molar-refractivity contribution is 6.02. The van der Waals surface area contributed by atoms with E-state index < -0.39 is 5.41 Å². The summed E-state index contributed by atoms with van der Waals surface area (Å²) in [5.41, 5.74) is 17.6. The Morgan fingerprint density at radius 3 is 1.24 bits per heavy atom. The van der Waals surface area contributed by atoms with Crippen LogP contribution in [0, 0.1) is 0 Å².